The van der Waals surface area contributed by atoms with E-state index in [4.69, 9.17) is 14.2 Å². The highest BCUT2D eigenvalue weighted by Crippen LogP contribution is 2.14. The molecule has 0 heterocycles. The third-order valence-corrected chi connectivity index (χ3v) is 10.6. The molecule has 0 amide bonds. The molecule has 0 radical (unpaired) electrons. The first-order chi connectivity index (χ1) is 27.1. The predicted molar refractivity (Wildman–Crippen MR) is 231 cm³/mol. The van der Waals surface area contributed by atoms with Gasteiger partial charge in [-0.1, -0.05) is 154 Å². The second-order valence-electron chi connectivity index (χ2n) is 17.0. The average molecular weight is 792 g/mol. The number of likely N-dealkylation sites (N-methyl/N-ethyl adjacent to an activating group) is 1. The van der Waals surface area contributed by atoms with E-state index in [0.717, 1.165) is 64.2 Å². The lowest BCUT2D eigenvalue weighted by Crippen LogP contribution is -2.55. The van der Waals surface area contributed by atoms with Crippen LogP contribution in [-0.2, 0) is 28.6 Å². The van der Waals surface area contributed by atoms with E-state index in [1.54, 1.807) is 21.1 Å². The van der Waals surface area contributed by atoms with Crippen molar-refractivity contribution in [1.29, 1.82) is 0 Å². The van der Waals surface area contributed by atoms with Crippen molar-refractivity contribution in [3.63, 3.8) is 0 Å². The smallest absolute Gasteiger partial charge is 0.306 e. The summed E-state index contributed by atoms with van der Waals surface area (Å²) in [5, 5.41) is 11.6. The summed E-state index contributed by atoms with van der Waals surface area (Å²) >= 11 is 0. The van der Waals surface area contributed by atoms with E-state index in [9.17, 15) is 19.5 Å². The third-order valence-electron chi connectivity index (χ3n) is 10.6. The highest BCUT2D eigenvalue weighted by Gasteiger charge is 2.25. The number of carboxylic acid groups (broad SMARTS) is 1. The second kappa shape index (κ2) is 39.6. The highest BCUT2D eigenvalue weighted by molar-refractivity contribution is 5.70. The maximum Gasteiger partial charge on any atom is 0.306 e. The van der Waals surface area contributed by atoms with Crippen LogP contribution in [0.25, 0.3) is 0 Å². The normalized spacial score (nSPS) is 13.1. The van der Waals surface area contributed by atoms with E-state index in [1.165, 1.54) is 116 Å². The van der Waals surface area contributed by atoms with Gasteiger partial charge in [0, 0.05) is 19.3 Å². The second-order valence-corrected chi connectivity index (χ2v) is 17.0. The summed E-state index contributed by atoms with van der Waals surface area (Å²) in [4.78, 5) is 36.9. The zero-order valence-corrected chi connectivity index (χ0v) is 37.3. The van der Waals surface area contributed by atoms with Gasteiger partial charge in [0.25, 0.3) is 0 Å². The summed E-state index contributed by atoms with van der Waals surface area (Å²) in [7, 11) is 5.41. The number of quaternary nitrogens is 1. The molecule has 0 rings (SSSR count). The molecule has 0 N–H and O–H groups in total. The monoisotopic (exact) mass is 792 g/mol. The maximum absolute atomic E-state index is 12.7. The molecular formula is C48H89NO7. The van der Waals surface area contributed by atoms with E-state index in [2.05, 4.69) is 38.2 Å². The van der Waals surface area contributed by atoms with Gasteiger partial charge < -0.3 is 28.6 Å². The van der Waals surface area contributed by atoms with Crippen molar-refractivity contribution in [1.82, 2.24) is 0 Å². The minimum absolute atomic E-state index is 0.0376. The number of carbonyl (C=O) groups is 3. The van der Waals surface area contributed by atoms with E-state index in [1.807, 2.05) is 0 Å². The minimum Gasteiger partial charge on any atom is -0.544 e. The Morgan fingerprint density at radius 1 is 0.518 bits per heavy atom. The van der Waals surface area contributed by atoms with Gasteiger partial charge in [-0.25, -0.2) is 0 Å². The fourth-order valence-electron chi connectivity index (χ4n) is 6.88. The van der Waals surface area contributed by atoms with Crippen molar-refractivity contribution < 1.29 is 38.2 Å². The summed E-state index contributed by atoms with van der Waals surface area (Å²) in [5.41, 5.74) is 0. The van der Waals surface area contributed by atoms with Crippen molar-refractivity contribution in [3.8, 4) is 0 Å². The molecule has 56 heavy (non-hydrogen) atoms. The fraction of sp³-hybridized carbons (Fsp3) is 0.854. The number of hydrogen-bond donors (Lipinski definition) is 0. The lowest BCUT2D eigenvalue weighted by molar-refractivity contribution is -0.889. The number of allylic oxidation sites excluding steroid dienone is 4. The van der Waals surface area contributed by atoms with Crippen LogP contribution in [0.5, 0.6) is 0 Å². The highest BCUT2D eigenvalue weighted by atomic mass is 16.6. The van der Waals surface area contributed by atoms with Gasteiger partial charge in [-0.15, -0.1) is 0 Å². The van der Waals surface area contributed by atoms with E-state index < -0.39 is 18.1 Å². The standard InChI is InChI=1S/C48H89NO7/c1-6-8-10-12-14-16-18-20-22-24-26-28-30-32-34-36-38-46(50)55-43-44(42-54-41-40-45(48(52)53)49(3,4)5)56-47(51)39-37-35-33-31-29-27-25-23-21-19-17-15-13-11-9-7-2/h22-25,44-45H,6-21,26-43H2,1-5H3/b24-22-,25-23-. The molecule has 8 heteroatoms. The average Bonchev–Trinajstić information content (AvgIpc) is 3.15. The van der Waals surface area contributed by atoms with Gasteiger partial charge in [0.05, 0.1) is 40.3 Å². The number of nitrogens with zero attached hydrogens (tertiary/aromatic N) is 1. The summed E-state index contributed by atoms with van der Waals surface area (Å²) in [6, 6.07) is -0.726. The van der Waals surface area contributed by atoms with Crippen LogP contribution in [0.1, 0.15) is 213 Å². The fourth-order valence-corrected chi connectivity index (χ4v) is 6.88. The number of esters is 2. The van der Waals surface area contributed by atoms with Crippen LogP contribution in [0.3, 0.4) is 0 Å². The molecule has 0 spiro atoms. The van der Waals surface area contributed by atoms with Gasteiger partial charge in [0.2, 0.25) is 0 Å². The van der Waals surface area contributed by atoms with Crippen molar-refractivity contribution in [2.45, 2.75) is 225 Å². The van der Waals surface area contributed by atoms with Gasteiger partial charge >= 0.3 is 11.9 Å². The molecule has 0 saturated heterocycles. The van der Waals surface area contributed by atoms with Crippen LogP contribution >= 0.6 is 0 Å². The zero-order valence-electron chi connectivity index (χ0n) is 37.3. The quantitative estimate of drug-likeness (QED) is 0.0262. The van der Waals surface area contributed by atoms with Crippen LogP contribution in [0.15, 0.2) is 24.3 Å². The molecule has 0 aliphatic rings. The summed E-state index contributed by atoms with van der Waals surface area (Å²) < 4.78 is 17.2. The molecule has 0 fully saturated rings. The molecular weight excluding hydrogens is 703 g/mol. The molecule has 2 atom stereocenters. The van der Waals surface area contributed by atoms with Crippen LogP contribution < -0.4 is 5.11 Å². The van der Waals surface area contributed by atoms with Gasteiger partial charge in [0.15, 0.2) is 6.10 Å². The summed E-state index contributed by atoms with van der Waals surface area (Å²) in [6.45, 7) is 4.66. The number of carbonyl (C=O) groups excluding carboxylic acids is 3. The molecule has 0 saturated carbocycles. The molecule has 2 unspecified atom stereocenters. The van der Waals surface area contributed by atoms with Crippen molar-refractivity contribution in [2.75, 3.05) is 41.0 Å². The molecule has 328 valence electrons. The lowest BCUT2D eigenvalue weighted by Gasteiger charge is -2.34. The Kier molecular flexibility index (Phi) is 38.1. The van der Waals surface area contributed by atoms with Crippen molar-refractivity contribution >= 4 is 17.9 Å². The van der Waals surface area contributed by atoms with Crippen LogP contribution in [-0.4, -0.2) is 75.5 Å². The SMILES string of the molecule is CCCCCCCCC/C=C\CCCCCCCC(=O)OCC(COCCC(C(=O)[O-])[N+](C)(C)C)OC(=O)CCCCCCC/C=C\CCCCCCCCC. The first-order valence-corrected chi connectivity index (χ1v) is 23.4. The van der Waals surface area contributed by atoms with Gasteiger partial charge in [-0.2, -0.15) is 0 Å². The first-order valence-electron chi connectivity index (χ1n) is 23.4. The molecule has 0 aromatic rings. The predicted octanol–water partition coefficient (Wildman–Crippen LogP) is 11.5. The van der Waals surface area contributed by atoms with Crippen LogP contribution in [0.2, 0.25) is 0 Å². The van der Waals surface area contributed by atoms with Crippen LogP contribution in [0, 0.1) is 0 Å². The molecule has 0 aromatic heterocycles. The summed E-state index contributed by atoms with van der Waals surface area (Å²) in [6.07, 6.45) is 43.4. The molecule has 0 aliphatic heterocycles. The first kappa shape index (κ1) is 53.8. The minimum atomic E-state index is -1.13. The molecule has 0 bridgehead atoms. The Morgan fingerprint density at radius 3 is 1.29 bits per heavy atom. The number of carboxylic acids is 1. The Hall–Kier alpha value is -2.19. The van der Waals surface area contributed by atoms with Gasteiger partial charge in [-0.05, 0) is 64.2 Å². The number of unbranched alkanes of at least 4 members (excludes halogenated alkanes) is 24. The molecule has 8 nitrogen and oxygen atoms in total. The largest absolute Gasteiger partial charge is 0.544 e. The number of aliphatic carboxylic acids is 1. The molecule has 0 aromatic carbocycles. The van der Waals surface area contributed by atoms with Gasteiger partial charge in [0.1, 0.15) is 12.6 Å². The topological polar surface area (TPSA) is 102 Å². The Bertz CT molecular complexity index is 973. The number of hydrogen-bond acceptors (Lipinski definition) is 7. The zero-order chi connectivity index (χ0) is 41.4. The van der Waals surface area contributed by atoms with E-state index >= 15 is 0 Å². The van der Waals surface area contributed by atoms with Crippen molar-refractivity contribution in [2.24, 2.45) is 0 Å². The van der Waals surface area contributed by atoms with Gasteiger partial charge in [-0.3, -0.25) is 9.59 Å². The number of rotatable bonds is 42. The molecule has 0 aliphatic carbocycles. The lowest BCUT2D eigenvalue weighted by atomic mass is 10.1. The summed E-state index contributed by atoms with van der Waals surface area (Å²) in [5.74, 6) is -1.75. The third kappa shape index (κ3) is 37.4. The van der Waals surface area contributed by atoms with Crippen molar-refractivity contribution in [3.05, 3.63) is 24.3 Å². The van der Waals surface area contributed by atoms with E-state index in [-0.39, 0.29) is 42.7 Å². The Morgan fingerprint density at radius 2 is 0.893 bits per heavy atom. The number of ether oxygens (including phenoxy) is 3. The Balaban J connectivity index is 4.33. The Labute approximate surface area is 345 Å². The van der Waals surface area contributed by atoms with Crippen LogP contribution in [0.4, 0.5) is 0 Å². The van der Waals surface area contributed by atoms with E-state index in [0.29, 0.717) is 12.8 Å². The maximum atomic E-state index is 12.7.